The van der Waals surface area contributed by atoms with Crippen LogP contribution >= 0.6 is 0 Å². The molecule has 0 radical (unpaired) electrons. The van der Waals surface area contributed by atoms with E-state index in [4.69, 9.17) is 18.6 Å². The predicted octanol–water partition coefficient (Wildman–Crippen LogP) is 5.12. The molecule has 1 aliphatic rings. The number of methoxy groups -OCH3 is 1. The van der Waals surface area contributed by atoms with E-state index in [1.807, 2.05) is 31.2 Å². The standard InChI is InChI=1S/C25H35NO6/c1-5-22-21(26-23(32-22)19-10-7-11-20(13-19)29-4)16-30-14-17-8-6-9-18(12-17)15-31-25(2,3)24(27)28/h7,10-11,13,17-18H,5-6,8-9,12,14-16H2,1-4H3,(H,27,28). The fourth-order valence-corrected chi connectivity index (χ4v) is 4.07. The van der Waals surface area contributed by atoms with E-state index < -0.39 is 11.6 Å². The Balaban J connectivity index is 1.52. The molecule has 1 N–H and O–H groups in total. The number of hydrogen-bond donors (Lipinski definition) is 1. The molecule has 0 bridgehead atoms. The smallest absolute Gasteiger partial charge is 0.335 e. The van der Waals surface area contributed by atoms with Crippen molar-refractivity contribution in [2.24, 2.45) is 11.8 Å². The zero-order chi connectivity index (χ0) is 23.1. The van der Waals surface area contributed by atoms with Crippen molar-refractivity contribution in [3.8, 4) is 17.2 Å². The molecular weight excluding hydrogens is 410 g/mol. The van der Waals surface area contributed by atoms with Crippen molar-refractivity contribution in [1.82, 2.24) is 4.98 Å². The van der Waals surface area contributed by atoms with E-state index in [1.54, 1.807) is 21.0 Å². The molecule has 7 heteroatoms. The van der Waals surface area contributed by atoms with Gasteiger partial charge < -0.3 is 23.7 Å². The van der Waals surface area contributed by atoms with Gasteiger partial charge in [-0.25, -0.2) is 9.78 Å². The molecule has 0 aliphatic heterocycles. The first-order valence-electron chi connectivity index (χ1n) is 11.4. The van der Waals surface area contributed by atoms with Crippen LogP contribution in [0.5, 0.6) is 5.75 Å². The molecule has 7 nitrogen and oxygen atoms in total. The summed E-state index contributed by atoms with van der Waals surface area (Å²) in [6, 6.07) is 7.67. The maximum atomic E-state index is 11.2. The minimum Gasteiger partial charge on any atom is -0.497 e. The number of aryl methyl sites for hydroxylation is 1. The number of benzene rings is 1. The van der Waals surface area contributed by atoms with Crippen LogP contribution in [0, 0.1) is 11.8 Å². The van der Waals surface area contributed by atoms with E-state index in [9.17, 15) is 9.90 Å². The second-order valence-electron chi connectivity index (χ2n) is 9.01. The van der Waals surface area contributed by atoms with Gasteiger partial charge in [0.2, 0.25) is 5.89 Å². The molecule has 2 unspecified atom stereocenters. The molecule has 2 atom stereocenters. The molecule has 1 fully saturated rings. The van der Waals surface area contributed by atoms with Crippen LogP contribution in [0.2, 0.25) is 0 Å². The topological polar surface area (TPSA) is 91.0 Å². The van der Waals surface area contributed by atoms with Crippen molar-refractivity contribution >= 4 is 5.97 Å². The molecule has 0 amide bonds. The van der Waals surface area contributed by atoms with Gasteiger partial charge in [-0.15, -0.1) is 0 Å². The molecule has 0 saturated heterocycles. The summed E-state index contributed by atoms with van der Waals surface area (Å²) in [6.45, 7) is 6.79. The van der Waals surface area contributed by atoms with Crippen LogP contribution in [0.15, 0.2) is 28.7 Å². The first-order chi connectivity index (χ1) is 15.3. The van der Waals surface area contributed by atoms with Gasteiger partial charge in [-0.3, -0.25) is 0 Å². The quantitative estimate of drug-likeness (QED) is 0.513. The number of aliphatic carboxylic acids is 1. The lowest BCUT2D eigenvalue weighted by atomic mass is 9.82. The van der Waals surface area contributed by atoms with Crippen LogP contribution in [0.3, 0.4) is 0 Å². The highest BCUT2D eigenvalue weighted by atomic mass is 16.5. The van der Waals surface area contributed by atoms with Crippen LogP contribution in [0.1, 0.15) is 57.9 Å². The van der Waals surface area contributed by atoms with Gasteiger partial charge in [0.25, 0.3) is 0 Å². The number of ether oxygens (including phenoxy) is 3. The lowest BCUT2D eigenvalue weighted by molar-refractivity contribution is -0.163. The highest BCUT2D eigenvalue weighted by Gasteiger charge is 2.30. The Bertz CT molecular complexity index is 890. The third-order valence-electron chi connectivity index (χ3n) is 6.09. The predicted molar refractivity (Wildman–Crippen MR) is 121 cm³/mol. The maximum Gasteiger partial charge on any atom is 0.335 e. The van der Waals surface area contributed by atoms with Crippen LogP contribution in [0.4, 0.5) is 0 Å². The second-order valence-corrected chi connectivity index (χ2v) is 9.01. The van der Waals surface area contributed by atoms with Gasteiger partial charge in [0, 0.05) is 18.6 Å². The normalized spacial score (nSPS) is 19.1. The SMILES string of the molecule is CCc1oc(-c2cccc(OC)c2)nc1COCC1CCCC(COC(C)(C)C(=O)O)C1. The second kappa shape index (κ2) is 11.0. The summed E-state index contributed by atoms with van der Waals surface area (Å²) in [7, 11) is 1.64. The Hall–Kier alpha value is -2.38. The van der Waals surface area contributed by atoms with E-state index in [-0.39, 0.29) is 0 Å². The van der Waals surface area contributed by atoms with Crippen LogP contribution in [-0.2, 0) is 27.3 Å². The van der Waals surface area contributed by atoms with Crippen molar-refractivity contribution in [2.75, 3.05) is 20.3 Å². The molecule has 1 saturated carbocycles. The number of aromatic nitrogens is 1. The molecule has 0 spiro atoms. The van der Waals surface area contributed by atoms with Crippen molar-refractivity contribution in [3.05, 3.63) is 35.7 Å². The van der Waals surface area contributed by atoms with Gasteiger partial charge in [0.1, 0.15) is 17.2 Å². The average molecular weight is 446 g/mol. The third kappa shape index (κ3) is 6.33. The fourth-order valence-electron chi connectivity index (χ4n) is 4.07. The van der Waals surface area contributed by atoms with Crippen LogP contribution in [0.25, 0.3) is 11.5 Å². The zero-order valence-electron chi connectivity index (χ0n) is 19.6. The minimum atomic E-state index is -1.15. The van der Waals surface area contributed by atoms with Gasteiger partial charge in [-0.1, -0.05) is 19.4 Å². The summed E-state index contributed by atoms with van der Waals surface area (Å²) in [5.41, 5.74) is 0.571. The van der Waals surface area contributed by atoms with E-state index in [0.29, 0.717) is 37.5 Å². The zero-order valence-corrected chi connectivity index (χ0v) is 19.6. The van der Waals surface area contributed by atoms with Gasteiger partial charge in [0.05, 0.1) is 20.3 Å². The number of nitrogens with zero attached hydrogens (tertiary/aromatic N) is 1. The number of carboxylic acids is 1. The molecule has 2 aromatic rings. The van der Waals surface area contributed by atoms with Crippen molar-refractivity contribution in [1.29, 1.82) is 0 Å². The number of carbonyl (C=O) groups is 1. The van der Waals surface area contributed by atoms with Gasteiger partial charge in [-0.2, -0.15) is 0 Å². The van der Waals surface area contributed by atoms with Gasteiger partial charge >= 0.3 is 5.97 Å². The summed E-state index contributed by atoms with van der Waals surface area (Å²) >= 11 is 0. The lowest BCUT2D eigenvalue weighted by Gasteiger charge is -2.31. The summed E-state index contributed by atoms with van der Waals surface area (Å²) in [5.74, 6) is 2.07. The average Bonchev–Trinajstić information content (AvgIpc) is 3.21. The number of hydrogen-bond acceptors (Lipinski definition) is 6. The Kier molecular flexibility index (Phi) is 8.32. The van der Waals surface area contributed by atoms with Crippen LogP contribution < -0.4 is 4.74 Å². The van der Waals surface area contributed by atoms with Crippen molar-refractivity contribution < 1.29 is 28.5 Å². The first-order valence-corrected chi connectivity index (χ1v) is 11.4. The van der Waals surface area contributed by atoms with Crippen molar-refractivity contribution in [3.63, 3.8) is 0 Å². The Labute approximate surface area is 190 Å². The molecule has 3 rings (SSSR count). The minimum absolute atomic E-state index is 0.369. The van der Waals surface area contributed by atoms with Crippen molar-refractivity contribution in [2.45, 2.75) is 65.1 Å². The van der Waals surface area contributed by atoms with Gasteiger partial charge in [0.15, 0.2) is 5.60 Å². The first kappa shape index (κ1) is 24.3. The van der Waals surface area contributed by atoms with Gasteiger partial charge in [-0.05, 0) is 63.1 Å². The largest absolute Gasteiger partial charge is 0.497 e. The van der Waals surface area contributed by atoms with E-state index >= 15 is 0 Å². The summed E-state index contributed by atoms with van der Waals surface area (Å²) in [5, 5.41) is 9.23. The summed E-state index contributed by atoms with van der Waals surface area (Å²) in [6.07, 6.45) is 5.04. The monoisotopic (exact) mass is 445 g/mol. The Morgan fingerprint density at radius 1 is 1.25 bits per heavy atom. The maximum absolute atomic E-state index is 11.2. The van der Waals surface area contributed by atoms with Crippen LogP contribution in [-0.4, -0.2) is 42.0 Å². The molecule has 1 aromatic carbocycles. The molecular formula is C25H35NO6. The van der Waals surface area contributed by atoms with E-state index in [1.165, 1.54) is 0 Å². The molecule has 1 heterocycles. The fraction of sp³-hybridized carbons (Fsp3) is 0.600. The Morgan fingerprint density at radius 2 is 2.00 bits per heavy atom. The summed E-state index contributed by atoms with van der Waals surface area (Å²) in [4.78, 5) is 15.9. The third-order valence-corrected chi connectivity index (χ3v) is 6.09. The Morgan fingerprint density at radius 3 is 2.69 bits per heavy atom. The highest BCUT2D eigenvalue weighted by Crippen LogP contribution is 2.31. The molecule has 176 valence electrons. The molecule has 1 aromatic heterocycles. The molecule has 32 heavy (non-hydrogen) atoms. The van der Waals surface area contributed by atoms with E-state index in [0.717, 1.165) is 54.9 Å². The number of rotatable bonds is 11. The lowest BCUT2D eigenvalue weighted by Crippen LogP contribution is -2.37. The summed E-state index contributed by atoms with van der Waals surface area (Å²) < 4.78 is 23.0. The molecule has 1 aliphatic carbocycles. The van der Waals surface area contributed by atoms with E-state index in [2.05, 4.69) is 4.98 Å². The highest BCUT2D eigenvalue weighted by molar-refractivity contribution is 5.76. The number of carboxylic acid groups (broad SMARTS) is 1. The number of oxazole rings is 1.